The summed E-state index contributed by atoms with van der Waals surface area (Å²) in [6, 6.07) is 0. The summed E-state index contributed by atoms with van der Waals surface area (Å²) in [6.07, 6.45) is 0. The molecule has 0 saturated heterocycles. The molecule has 6 heteroatoms. The molecule has 0 aromatic carbocycles. The Morgan fingerprint density at radius 2 is 1.00 bits per heavy atom. The Morgan fingerprint density at radius 1 is 0.833 bits per heavy atom. The van der Waals surface area contributed by atoms with E-state index in [0.717, 1.165) is 0 Å². The minimum atomic E-state index is -5.00. The van der Waals surface area contributed by atoms with Crippen LogP contribution >= 0.6 is 0 Å². The summed E-state index contributed by atoms with van der Waals surface area (Å²) < 4.78 is 29.5. The topological polar surface area (TPSA) is 84.2 Å². The van der Waals surface area contributed by atoms with Crippen molar-refractivity contribution in [1.82, 2.24) is 4.90 Å². The molecule has 0 radical (unpaired) electrons. The van der Waals surface area contributed by atoms with Crippen molar-refractivity contribution in [2.45, 2.75) is 20.8 Å². The molecule has 12 heavy (non-hydrogen) atoms. The van der Waals surface area contributed by atoms with Crippen LogP contribution in [0, 0.1) is 0 Å². The van der Waals surface area contributed by atoms with Crippen LogP contribution in [0.15, 0.2) is 0 Å². The quantitative estimate of drug-likeness (QED) is 0.461. The fourth-order valence-electron chi connectivity index (χ4n) is 0.671. The van der Waals surface area contributed by atoms with Crippen molar-refractivity contribution in [1.29, 1.82) is 0 Å². The minimum absolute atomic E-state index is 1.19. The average Bonchev–Trinajstić information content (AvgIpc) is 1.88. The van der Waals surface area contributed by atoms with Gasteiger partial charge in [0.15, 0.2) is 0 Å². The van der Waals surface area contributed by atoms with Gasteiger partial charge in [0.2, 0.25) is 0 Å². The van der Waals surface area contributed by atoms with Gasteiger partial charge in [-0.15, -0.1) is 0 Å². The van der Waals surface area contributed by atoms with E-state index >= 15 is 0 Å². The zero-order valence-corrected chi connectivity index (χ0v) is 9.42. The predicted molar refractivity (Wildman–Crippen MR) is 42.3 cm³/mol. The van der Waals surface area contributed by atoms with Gasteiger partial charge in [-0.3, -0.25) is 0 Å². The molecule has 0 aromatic heterocycles. The molecule has 0 unspecified atom stereocenters. The maximum absolute atomic E-state index is 7.38. The van der Waals surface area contributed by atoms with Gasteiger partial charge in [0.1, 0.15) is 0 Å². The van der Waals surface area contributed by atoms with Crippen molar-refractivity contribution in [2.75, 3.05) is 19.6 Å². The van der Waals surface area contributed by atoms with E-state index in [-0.39, 0.29) is 0 Å². The molecule has 0 amide bonds. The van der Waals surface area contributed by atoms with E-state index in [4.69, 9.17) is 14.8 Å². The summed E-state index contributed by atoms with van der Waals surface area (Å²) in [5.41, 5.74) is 0. The normalized spacial score (nSPS) is 11.0. The Balaban J connectivity index is 0. The molecule has 0 fully saturated rings. The van der Waals surface area contributed by atoms with E-state index in [1.54, 1.807) is 0 Å². The van der Waals surface area contributed by atoms with Gasteiger partial charge in [-0.05, 0) is 19.6 Å². The summed E-state index contributed by atoms with van der Waals surface area (Å²) >= 11 is -5.00. The Kier molecular flexibility index (Phi) is 10.2. The fourth-order valence-corrected chi connectivity index (χ4v) is 0.671. The van der Waals surface area contributed by atoms with Crippen molar-refractivity contribution in [3.63, 3.8) is 0 Å². The standard InChI is InChI=1S/C6H15N.4H2O.Ti/c1-4-7(5-2)6-3;;;;;/h4-6H2,1-3H3;4*1H2;/q;;;;;+4/p-4. The molecule has 0 rings (SSSR count). The van der Waals surface area contributed by atoms with Crippen LogP contribution in [0.5, 0.6) is 0 Å². The third kappa shape index (κ3) is 22.4. The summed E-state index contributed by atoms with van der Waals surface area (Å²) in [7, 11) is 0. The molecule has 0 spiro atoms. The van der Waals surface area contributed by atoms with E-state index in [9.17, 15) is 0 Å². The molecule has 0 aliphatic rings. The van der Waals surface area contributed by atoms with E-state index in [0.29, 0.717) is 0 Å². The van der Waals surface area contributed by atoms with Gasteiger partial charge in [0.25, 0.3) is 0 Å². The predicted octanol–water partition coefficient (Wildman–Crippen LogP) is -0.882. The van der Waals surface area contributed by atoms with Crippen molar-refractivity contribution >= 4 is 0 Å². The van der Waals surface area contributed by atoms with Crippen molar-refractivity contribution in [3.8, 4) is 0 Å². The number of rotatable bonds is 3. The first kappa shape index (κ1) is 15.0. The molecule has 0 atom stereocenters. The number of hydrogen-bond donors (Lipinski definition) is 4. The van der Waals surface area contributed by atoms with Gasteiger partial charge in [-0.2, -0.15) is 0 Å². The molecule has 0 bridgehead atoms. The maximum atomic E-state index is 7.38. The van der Waals surface area contributed by atoms with E-state index < -0.39 is 18.1 Å². The van der Waals surface area contributed by atoms with Gasteiger partial charge >= 0.3 is 32.9 Å². The van der Waals surface area contributed by atoms with Crippen molar-refractivity contribution in [3.05, 3.63) is 0 Å². The second kappa shape index (κ2) is 8.13. The van der Waals surface area contributed by atoms with Crippen LogP contribution in [0.3, 0.4) is 0 Å². The van der Waals surface area contributed by atoms with Gasteiger partial charge in [0.05, 0.1) is 0 Å². The monoisotopic (exact) mass is 217 g/mol. The summed E-state index contributed by atoms with van der Waals surface area (Å²) in [6.45, 7) is 10.1. The molecular formula is C6H19NO4Ti. The van der Waals surface area contributed by atoms with Crippen LogP contribution in [0.25, 0.3) is 0 Å². The molecule has 0 saturated carbocycles. The van der Waals surface area contributed by atoms with Crippen molar-refractivity contribution in [2.24, 2.45) is 0 Å². The van der Waals surface area contributed by atoms with E-state index in [2.05, 4.69) is 25.7 Å². The molecule has 0 aliphatic carbocycles. The second-order valence-corrected chi connectivity index (χ2v) is 4.09. The SMILES string of the molecule is CCN(CC)CC.[OH][Ti]([OH])([OH])[OH]. The molecule has 0 aliphatic heterocycles. The van der Waals surface area contributed by atoms with Crippen LogP contribution in [-0.4, -0.2) is 39.3 Å². The summed E-state index contributed by atoms with van der Waals surface area (Å²) in [5, 5.41) is 0. The Hall–Kier alpha value is 0.514. The third-order valence-corrected chi connectivity index (χ3v) is 1.34. The number of nitrogens with zero attached hydrogens (tertiary/aromatic N) is 1. The van der Waals surface area contributed by atoms with E-state index in [1.165, 1.54) is 19.6 Å². The van der Waals surface area contributed by atoms with Gasteiger partial charge in [-0.25, -0.2) is 0 Å². The first-order chi connectivity index (χ1) is 5.35. The van der Waals surface area contributed by atoms with Crippen LogP contribution in [-0.2, 0) is 18.1 Å². The van der Waals surface area contributed by atoms with Gasteiger partial charge in [0, 0.05) is 0 Å². The second-order valence-electron chi connectivity index (χ2n) is 2.22. The van der Waals surface area contributed by atoms with Crippen LogP contribution in [0.4, 0.5) is 0 Å². The molecule has 0 heterocycles. The molecule has 76 valence electrons. The average molecular weight is 217 g/mol. The molecule has 0 aromatic rings. The zero-order chi connectivity index (χ0) is 10.2. The Labute approximate surface area is 78.5 Å². The van der Waals surface area contributed by atoms with Gasteiger partial charge in [-0.1, -0.05) is 20.8 Å². The zero-order valence-electron chi connectivity index (χ0n) is 7.86. The first-order valence-corrected chi connectivity index (χ1v) is 6.76. The molecule has 4 N–H and O–H groups in total. The van der Waals surface area contributed by atoms with Crippen LogP contribution in [0.1, 0.15) is 20.8 Å². The summed E-state index contributed by atoms with van der Waals surface area (Å²) in [5.74, 6) is 0. The van der Waals surface area contributed by atoms with Crippen LogP contribution < -0.4 is 0 Å². The fraction of sp³-hybridized carbons (Fsp3) is 1.00. The van der Waals surface area contributed by atoms with Crippen LogP contribution in [0.2, 0.25) is 0 Å². The van der Waals surface area contributed by atoms with E-state index in [1.807, 2.05) is 0 Å². The Bertz CT molecular complexity index is 80.5. The third-order valence-electron chi connectivity index (χ3n) is 1.34. The number of hydrogen-bond acceptors (Lipinski definition) is 5. The molecular weight excluding hydrogens is 198 g/mol. The van der Waals surface area contributed by atoms with Gasteiger partial charge < -0.3 is 4.90 Å². The summed E-state index contributed by atoms with van der Waals surface area (Å²) in [4.78, 5) is 2.38. The Morgan fingerprint density at radius 3 is 1.00 bits per heavy atom. The molecule has 5 nitrogen and oxygen atoms in total. The van der Waals surface area contributed by atoms with Crippen molar-refractivity contribution < 1.29 is 32.9 Å². The first-order valence-electron chi connectivity index (χ1n) is 3.96.